The van der Waals surface area contributed by atoms with Gasteiger partial charge in [-0.25, -0.2) is 0 Å². The number of ether oxygens (including phenoxy) is 1. The van der Waals surface area contributed by atoms with Crippen LogP contribution in [0.3, 0.4) is 0 Å². The topological polar surface area (TPSA) is 35.2 Å². The maximum absolute atomic E-state index is 6.01. The van der Waals surface area contributed by atoms with E-state index in [4.69, 9.17) is 10.5 Å². The number of rotatable bonds is 5. The predicted octanol–water partition coefficient (Wildman–Crippen LogP) is 5.14. The lowest BCUT2D eigenvalue weighted by atomic mass is 10.0. The van der Waals surface area contributed by atoms with Gasteiger partial charge in [-0.3, -0.25) is 0 Å². The Morgan fingerprint density at radius 2 is 1.81 bits per heavy atom. The number of nitrogens with two attached hydrogens (primary N) is 1. The van der Waals surface area contributed by atoms with Crippen molar-refractivity contribution in [2.45, 2.75) is 39.7 Å². The zero-order valence-electron chi connectivity index (χ0n) is 12.8. The molecule has 2 aromatic rings. The molecular formula is C18H22BrNO. The minimum atomic E-state index is 0.224. The molecule has 0 aliphatic heterocycles. The highest BCUT2D eigenvalue weighted by Gasteiger charge is 2.08. The first-order valence-electron chi connectivity index (χ1n) is 7.28. The molecule has 2 aromatic carbocycles. The molecule has 2 nitrogen and oxygen atoms in total. The number of benzene rings is 2. The van der Waals surface area contributed by atoms with Crippen LogP contribution in [-0.2, 0) is 6.42 Å². The van der Waals surface area contributed by atoms with Crippen LogP contribution >= 0.6 is 15.9 Å². The fourth-order valence-corrected chi connectivity index (χ4v) is 2.78. The molecule has 0 fully saturated rings. The van der Waals surface area contributed by atoms with Gasteiger partial charge in [-0.2, -0.15) is 0 Å². The van der Waals surface area contributed by atoms with Crippen molar-refractivity contribution in [3.63, 3.8) is 0 Å². The summed E-state index contributed by atoms with van der Waals surface area (Å²) in [7, 11) is 0. The maximum Gasteiger partial charge on any atom is 0.141 e. The molecule has 2 N–H and O–H groups in total. The van der Waals surface area contributed by atoms with Crippen molar-refractivity contribution >= 4 is 15.9 Å². The fraction of sp³-hybridized carbons (Fsp3) is 0.333. The third-order valence-electron chi connectivity index (χ3n) is 3.57. The van der Waals surface area contributed by atoms with Gasteiger partial charge in [0.05, 0.1) is 4.47 Å². The van der Waals surface area contributed by atoms with E-state index in [2.05, 4.69) is 54.9 Å². The summed E-state index contributed by atoms with van der Waals surface area (Å²) in [5, 5.41) is 0. The second-order valence-electron chi connectivity index (χ2n) is 5.51. The molecule has 112 valence electrons. The molecule has 0 radical (unpaired) electrons. The van der Waals surface area contributed by atoms with Gasteiger partial charge in [0.15, 0.2) is 0 Å². The van der Waals surface area contributed by atoms with Gasteiger partial charge in [0.1, 0.15) is 11.5 Å². The molecule has 0 aliphatic carbocycles. The molecule has 0 saturated carbocycles. The van der Waals surface area contributed by atoms with Crippen LogP contribution in [-0.4, -0.2) is 6.04 Å². The van der Waals surface area contributed by atoms with E-state index in [1.54, 1.807) is 0 Å². The molecule has 0 amide bonds. The van der Waals surface area contributed by atoms with E-state index in [-0.39, 0.29) is 6.04 Å². The van der Waals surface area contributed by atoms with E-state index in [1.165, 1.54) is 11.1 Å². The van der Waals surface area contributed by atoms with Crippen LogP contribution < -0.4 is 10.5 Å². The Bertz CT molecular complexity index is 625. The smallest absolute Gasteiger partial charge is 0.141 e. The monoisotopic (exact) mass is 347 g/mol. The van der Waals surface area contributed by atoms with Crippen molar-refractivity contribution in [1.82, 2.24) is 0 Å². The number of hydrogen-bond donors (Lipinski definition) is 1. The van der Waals surface area contributed by atoms with Gasteiger partial charge in [0, 0.05) is 6.04 Å². The minimum Gasteiger partial charge on any atom is -0.456 e. The quantitative estimate of drug-likeness (QED) is 0.812. The van der Waals surface area contributed by atoms with Crippen LogP contribution in [0.4, 0.5) is 0 Å². The number of aryl methyl sites for hydroxylation is 2. The van der Waals surface area contributed by atoms with Gasteiger partial charge in [-0.05, 0) is 77.5 Å². The summed E-state index contributed by atoms with van der Waals surface area (Å²) in [4.78, 5) is 0. The standard InChI is InChI=1S/C18H22BrNO/c1-4-15(20)11-14-6-8-17(13(3)10-14)21-18-7-5-12(2)9-16(18)19/h5-10,15H,4,11,20H2,1-3H3. The van der Waals surface area contributed by atoms with Crippen molar-refractivity contribution in [3.8, 4) is 11.5 Å². The molecule has 2 rings (SSSR count). The largest absolute Gasteiger partial charge is 0.456 e. The van der Waals surface area contributed by atoms with Crippen molar-refractivity contribution in [1.29, 1.82) is 0 Å². The molecule has 0 saturated heterocycles. The summed E-state index contributed by atoms with van der Waals surface area (Å²) >= 11 is 3.54. The van der Waals surface area contributed by atoms with Crippen molar-refractivity contribution in [3.05, 3.63) is 57.6 Å². The second kappa shape index (κ2) is 7.10. The van der Waals surface area contributed by atoms with E-state index in [0.29, 0.717) is 0 Å². The molecule has 21 heavy (non-hydrogen) atoms. The molecule has 0 spiro atoms. The maximum atomic E-state index is 6.01. The molecule has 1 unspecified atom stereocenters. The lowest BCUT2D eigenvalue weighted by molar-refractivity contribution is 0.475. The Morgan fingerprint density at radius 1 is 1.10 bits per heavy atom. The van der Waals surface area contributed by atoms with Gasteiger partial charge in [-0.15, -0.1) is 0 Å². The number of hydrogen-bond acceptors (Lipinski definition) is 2. The molecule has 0 aromatic heterocycles. The van der Waals surface area contributed by atoms with Crippen molar-refractivity contribution in [2.75, 3.05) is 0 Å². The van der Waals surface area contributed by atoms with Crippen LogP contribution in [0.5, 0.6) is 11.5 Å². The zero-order chi connectivity index (χ0) is 15.4. The van der Waals surface area contributed by atoms with Gasteiger partial charge in [0.2, 0.25) is 0 Å². The molecule has 0 aliphatic rings. The van der Waals surface area contributed by atoms with Crippen LogP contribution in [0.2, 0.25) is 0 Å². The van der Waals surface area contributed by atoms with Crippen molar-refractivity contribution < 1.29 is 4.74 Å². The summed E-state index contributed by atoms with van der Waals surface area (Å²) in [5.41, 5.74) is 9.61. The first-order chi connectivity index (χ1) is 9.99. The molecule has 0 heterocycles. The summed E-state index contributed by atoms with van der Waals surface area (Å²) in [5.74, 6) is 1.72. The Balaban J connectivity index is 2.17. The van der Waals surface area contributed by atoms with E-state index < -0.39 is 0 Å². The first-order valence-corrected chi connectivity index (χ1v) is 8.08. The normalized spacial score (nSPS) is 12.2. The summed E-state index contributed by atoms with van der Waals surface area (Å²) < 4.78 is 6.97. The lowest BCUT2D eigenvalue weighted by Crippen LogP contribution is -2.21. The van der Waals surface area contributed by atoms with E-state index in [1.807, 2.05) is 18.2 Å². The van der Waals surface area contributed by atoms with Crippen LogP contribution in [0.25, 0.3) is 0 Å². The summed E-state index contributed by atoms with van der Waals surface area (Å²) in [6.45, 7) is 6.24. The van der Waals surface area contributed by atoms with E-state index >= 15 is 0 Å². The van der Waals surface area contributed by atoms with Gasteiger partial charge in [-0.1, -0.05) is 25.1 Å². The Kier molecular flexibility index (Phi) is 5.43. The van der Waals surface area contributed by atoms with Gasteiger partial charge < -0.3 is 10.5 Å². The Hall–Kier alpha value is -1.32. The fourth-order valence-electron chi connectivity index (χ4n) is 2.21. The highest BCUT2D eigenvalue weighted by Crippen LogP contribution is 2.32. The number of halogens is 1. The predicted molar refractivity (Wildman–Crippen MR) is 92.1 cm³/mol. The summed E-state index contributed by atoms with van der Waals surface area (Å²) in [6, 6.07) is 12.6. The minimum absolute atomic E-state index is 0.224. The second-order valence-corrected chi connectivity index (χ2v) is 6.36. The van der Waals surface area contributed by atoms with Crippen LogP contribution in [0.1, 0.15) is 30.0 Å². The molecule has 0 bridgehead atoms. The zero-order valence-corrected chi connectivity index (χ0v) is 14.4. The SMILES string of the molecule is CCC(N)Cc1ccc(Oc2ccc(C)cc2Br)c(C)c1. The highest BCUT2D eigenvalue weighted by atomic mass is 79.9. The average Bonchev–Trinajstić information content (AvgIpc) is 2.44. The molecular weight excluding hydrogens is 326 g/mol. The summed E-state index contributed by atoms with van der Waals surface area (Å²) in [6.07, 6.45) is 1.90. The van der Waals surface area contributed by atoms with Crippen molar-refractivity contribution in [2.24, 2.45) is 5.73 Å². The molecule has 3 heteroatoms. The first kappa shape index (κ1) is 16.1. The van der Waals surface area contributed by atoms with Gasteiger partial charge in [0.25, 0.3) is 0 Å². The Labute approximate surface area is 135 Å². The van der Waals surface area contributed by atoms with E-state index in [0.717, 1.165) is 34.4 Å². The Morgan fingerprint density at radius 3 is 2.43 bits per heavy atom. The lowest BCUT2D eigenvalue weighted by Gasteiger charge is -2.13. The third-order valence-corrected chi connectivity index (χ3v) is 4.19. The van der Waals surface area contributed by atoms with Crippen LogP contribution in [0.15, 0.2) is 40.9 Å². The molecule has 1 atom stereocenters. The highest BCUT2D eigenvalue weighted by molar-refractivity contribution is 9.10. The average molecular weight is 348 g/mol. The van der Waals surface area contributed by atoms with E-state index in [9.17, 15) is 0 Å². The van der Waals surface area contributed by atoms with Crippen LogP contribution in [0, 0.1) is 13.8 Å². The third kappa shape index (κ3) is 4.32. The van der Waals surface area contributed by atoms with Gasteiger partial charge >= 0.3 is 0 Å².